The van der Waals surface area contributed by atoms with Crippen molar-refractivity contribution in [3.63, 3.8) is 0 Å². The molecule has 3 aromatic heterocycles. The minimum atomic E-state index is -2.88. The van der Waals surface area contributed by atoms with Crippen LogP contribution in [0.2, 0.25) is 0 Å². The van der Waals surface area contributed by atoms with E-state index in [0.29, 0.717) is 44.1 Å². The van der Waals surface area contributed by atoms with Gasteiger partial charge in [-0.15, -0.1) is 0 Å². The number of fused-ring (bicyclic) bond motifs is 2. The van der Waals surface area contributed by atoms with Gasteiger partial charge in [0.2, 0.25) is 0 Å². The first-order valence-electron chi connectivity index (χ1n) is 15.8. The summed E-state index contributed by atoms with van der Waals surface area (Å²) < 4.78 is 41.2. The number of nitrogens with one attached hydrogen (secondary N) is 2. The van der Waals surface area contributed by atoms with Crippen LogP contribution in [0.3, 0.4) is 0 Å². The van der Waals surface area contributed by atoms with Gasteiger partial charge in [-0.25, -0.2) is 22.8 Å². The molecule has 12 heteroatoms. The molecule has 0 aliphatic carbocycles. The van der Waals surface area contributed by atoms with Crippen molar-refractivity contribution in [2.24, 2.45) is 5.92 Å². The standard InChI is InChI=1S/C35H36FN7O3S/c36-29-3-1-2-25(14-29)20-43-34-7-4-30(15-27(34)19-40-43)41-35-32-16-31(5-6-33(32)38-23-39-35)42-21-26(8-11-44)28(22-42)18-37-17-24-9-12-47(45,46)13-10-24/h1-7,14-16,19,21-24,37,44H,8-13,17-18,20H2,(H,38,39,41). The number of hydrogen-bond donors (Lipinski definition) is 3. The van der Waals surface area contributed by atoms with Crippen LogP contribution in [0, 0.1) is 11.7 Å². The van der Waals surface area contributed by atoms with Crippen LogP contribution in [0.5, 0.6) is 0 Å². The first-order chi connectivity index (χ1) is 22.8. The van der Waals surface area contributed by atoms with Crippen molar-refractivity contribution < 1.29 is 17.9 Å². The van der Waals surface area contributed by atoms with Crippen LogP contribution in [0.15, 0.2) is 85.6 Å². The summed E-state index contributed by atoms with van der Waals surface area (Å²) in [5, 5.41) is 23.0. The third kappa shape index (κ3) is 7.04. The van der Waals surface area contributed by atoms with E-state index in [1.165, 1.54) is 12.1 Å². The number of aliphatic hydroxyl groups excluding tert-OH is 1. The van der Waals surface area contributed by atoms with E-state index in [9.17, 15) is 17.9 Å². The Morgan fingerprint density at radius 2 is 1.83 bits per heavy atom. The van der Waals surface area contributed by atoms with Gasteiger partial charge in [-0.3, -0.25) is 4.68 Å². The molecule has 1 aliphatic heterocycles. The van der Waals surface area contributed by atoms with E-state index < -0.39 is 9.84 Å². The molecule has 0 unspecified atom stereocenters. The molecule has 1 saturated heterocycles. The second-order valence-corrected chi connectivity index (χ2v) is 14.5. The molecule has 10 nitrogen and oxygen atoms in total. The van der Waals surface area contributed by atoms with E-state index in [-0.39, 0.29) is 23.9 Å². The fraction of sp³-hybridized carbons (Fsp3) is 0.286. The number of rotatable bonds is 11. The lowest BCUT2D eigenvalue weighted by molar-refractivity contribution is 0.299. The molecule has 0 spiro atoms. The Morgan fingerprint density at radius 3 is 2.66 bits per heavy atom. The first-order valence-corrected chi connectivity index (χ1v) is 17.6. The predicted octanol–water partition coefficient (Wildman–Crippen LogP) is 5.15. The van der Waals surface area contributed by atoms with Gasteiger partial charge in [-0.2, -0.15) is 5.10 Å². The number of nitrogens with zero attached hydrogens (tertiary/aromatic N) is 5. The minimum absolute atomic E-state index is 0.0468. The molecule has 1 aliphatic rings. The molecule has 3 aromatic carbocycles. The van der Waals surface area contributed by atoms with Gasteiger partial charge in [0, 0.05) is 47.7 Å². The van der Waals surface area contributed by atoms with Gasteiger partial charge in [0.15, 0.2) is 0 Å². The van der Waals surface area contributed by atoms with Gasteiger partial charge in [0.05, 0.1) is 35.3 Å². The van der Waals surface area contributed by atoms with Gasteiger partial charge in [0.1, 0.15) is 27.8 Å². The Kier molecular flexibility index (Phi) is 8.72. The summed E-state index contributed by atoms with van der Waals surface area (Å²) in [6.07, 6.45) is 9.41. The number of benzene rings is 3. The largest absolute Gasteiger partial charge is 0.396 e. The number of sulfone groups is 1. The fourth-order valence-corrected chi connectivity index (χ4v) is 7.88. The van der Waals surface area contributed by atoms with Crippen molar-refractivity contribution >= 4 is 43.1 Å². The van der Waals surface area contributed by atoms with Gasteiger partial charge in [0.25, 0.3) is 0 Å². The SMILES string of the molecule is O=S1(=O)CCC(CNCc2cn(-c3ccc4ncnc(Nc5ccc6c(cnn6Cc6cccc(F)c6)c5)c4c3)cc2CCO)CC1. The number of aliphatic hydroxyl groups is 1. The second-order valence-electron chi connectivity index (χ2n) is 12.2. The molecule has 4 heterocycles. The lowest BCUT2D eigenvalue weighted by Crippen LogP contribution is -2.30. The summed E-state index contributed by atoms with van der Waals surface area (Å²) >= 11 is 0. The normalized spacial score (nSPS) is 15.0. The minimum Gasteiger partial charge on any atom is -0.396 e. The van der Waals surface area contributed by atoms with E-state index in [0.717, 1.165) is 56.4 Å². The zero-order valence-corrected chi connectivity index (χ0v) is 26.6. The molecule has 3 N–H and O–H groups in total. The van der Waals surface area contributed by atoms with E-state index in [2.05, 4.69) is 42.5 Å². The molecular formula is C35H36FN7O3S. The molecular weight excluding hydrogens is 617 g/mol. The molecule has 7 rings (SSSR count). The van der Waals surface area contributed by atoms with Crippen LogP contribution >= 0.6 is 0 Å². The molecule has 1 fully saturated rings. The number of halogens is 1. The highest BCUT2D eigenvalue weighted by Gasteiger charge is 2.23. The van der Waals surface area contributed by atoms with Crippen LogP contribution < -0.4 is 10.6 Å². The molecule has 0 atom stereocenters. The second kappa shape index (κ2) is 13.2. The maximum absolute atomic E-state index is 13.7. The Labute approximate surface area is 272 Å². The smallest absolute Gasteiger partial charge is 0.150 e. The maximum atomic E-state index is 13.7. The molecule has 6 aromatic rings. The lowest BCUT2D eigenvalue weighted by atomic mass is 10.0. The van der Waals surface area contributed by atoms with E-state index in [4.69, 9.17) is 0 Å². The summed E-state index contributed by atoms with van der Waals surface area (Å²) in [6.45, 7) is 1.92. The highest BCUT2D eigenvalue weighted by atomic mass is 32.2. The van der Waals surface area contributed by atoms with E-state index in [1.807, 2.05) is 47.3 Å². The summed E-state index contributed by atoms with van der Waals surface area (Å²) in [5.41, 5.74) is 6.52. The third-order valence-electron chi connectivity index (χ3n) is 8.85. The zero-order chi connectivity index (χ0) is 32.4. The molecule has 0 saturated carbocycles. The summed E-state index contributed by atoms with van der Waals surface area (Å²) in [5.74, 6) is 1.29. The summed E-state index contributed by atoms with van der Waals surface area (Å²) in [4.78, 5) is 9.05. The van der Waals surface area contributed by atoms with Crippen LogP contribution in [-0.4, -0.2) is 62.5 Å². The Morgan fingerprint density at radius 1 is 0.979 bits per heavy atom. The Balaban J connectivity index is 1.09. The highest BCUT2D eigenvalue weighted by molar-refractivity contribution is 7.91. The average molecular weight is 654 g/mol. The topological polar surface area (TPSA) is 127 Å². The number of anilines is 2. The van der Waals surface area contributed by atoms with Gasteiger partial charge in [-0.1, -0.05) is 12.1 Å². The zero-order valence-electron chi connectivity index (χ0n) is 25.8. The van der Waals surface area contributed by atoms with Gasteiger partial charge < -0.3 is 20.3 Å². The van der Waals surface area contributed by atoms with E-state index in [1.54, 1.807) is 18.6 Å². The van der Waals surface area contributed by atoms with Crippen molar-refractivity contribution in [1.29, 1.82) is 0 Å². The van der Waals surface area contributed by atoms with Crippen molar-refractivity contribution in [2.45, 2.75) is 32.4 Å². The molecule has 0 radical (unpaired) electrons. The first kappa shape index (κ1) is 31.0. The Hall–Kier alpha value is -4.65. The third-order valence-corrected chi connectivity index (χ3v) is 10.6. The van der Waals surface area contributed by atoms with Crippen molar-refractivity contribution in [1.82, 2.24) is 29.6 Å². The van der Waals surface area contributed by atoms with Crippen LogP contribution in [0.25, 0.3) is 27.5 Å². The Bertz CT molecular complexity index is 2150. The highest BCUT2D eigenvalue weighted by Crippen LogP contribution is 2.28. The maximum Gasteiger partial charge on any atom is 0.150 e. The molecule has 0 amide bonds. The summed E-state index contributed by atoms with van der Waals surface area (Å²) in [7, 11) is -2.88. The quantitative estimate of drug-likeness (QED) is 0.175. The summed E-state index contributed by atoms with van der Waals surface area (Å²) in [6, 6.07) is 18.6. The van der Waals surface area contributed by atoms with Crippen LogP contribution in [-0.2, 0) is 29.3 Å². The fourth-order valence-electron chi connectivity index (χ4n) is 6.29. The van der Waals surface area contributed by atoms with Crippen LogP contribution in [0.1, 0.15) is 29.5 Å². The average Bonchev–Trinajstić information content (AvgIpc) is 3.65. The molecule has 47 heavy (non-hydrogen) atoms. The molecule has 242 valence electrons. The van der Waals surface area contributed by atoms with Crippen molar-refractivity contribution in [3.8, 4) is 5.69 Å². The van der Waals surface area contributed by atoms with Crippen molar-refractivity contribution in [2.75, 3.05) is 30.0 Å². The van der Waals surface area contributed by atoms with Crippen molar-refractivity contribution in [3.05, 3.63) is 108 Å². The molecule has 0 bridgehead atoms. The number of hydrogen-bond acceptors (Lipinski definition) is 8. The number of aromatic nitrogens is 5. The van der Waals surface area contributed by atoms with Crippen LogP contribution in [0.4, 0.5) is 15.9 Å². The predicted molar refractivity (Wildman–Crippen MR) is 181 cm³/mol. The lowest BCUT2D eigenvalue weighted by Gasteiger charge is -2.22. The van der Waals surface area contributed by atoms with Gasteiger partial charge >= 0.3 is 0 Å². The monoisotopic (exact) mass is 653 g/mol. The van der Waals surface area contributed by atoms with Gasteiger partial charge in [-0.05, 0) is 96.9 Å². The van der Waals surface area contributed by atoms with E-state index >= 15 is 0 Å².